The molecule has 0 spiro atoms. The van der Waals surface area contributed by atoms with E-state index in [9.17, 15) is 5.11 Å². The van der Waals surface area contributed by atoms with Gasteiger partial charge in [0.2, 0.25) is 0 Å². The minimum Gasteiger partial charge on any atom is -0.396 e. The van der Waals surface area contributed by atoms with Crippen molar-refractivity contribution >= 4 is 12.6 Å². The predicted octanol–water partition coefficient (Wildman–Crippen LogP) is 3.45. The number of aliphatic hydroxyl groups is 1. The molecule has 1 saturated heterocycles. The van der Waals surface area contributed by atoms with Crippen LogP contribution in [0.2, 0.25) is 0 Å². The number of thiol groups is 1. The highest BCUT2D eigenvalue weighted by Gasteiger charge is 2.25. The highest BCUT2D eigenvalue weighted by atomic mass is 32.1. The molecule has 0 bridgehead atoms. The molecule has 0 aromatic rings. The van der Waals surface area contributed by atoms with Gasteiger partial charge in [-0.2, -0.15) is 12.6 Å². The number of hydrogen-bond acceptors (Lipinski definition) is 3. The van der Waals surface area contributed by atoms with E-state index in [1.165, 1.54) is 51.6 Å². The number of likely N-dealkylation sites (tertiary alicyclic amines) is 1. The third-order valence-corrected chi connectivity index (χ3v) is 5.04. The molecule has 19 heavy (non-hydrogen) atoms. The van der Waals surface area contributed by atoms with Gasteiger partial charge in [0.15, 0.2) is 0 Å². The Morgan fingerprint density at radius 1 is 1.05 bits per heavy atom. The van der Waals surface area contributed by atoms with Crippen LogP contribution in [0, 0.1) is 17.8 Å². The first kappa shape index (κ1) is 17.3. The van der Waals surface area contributed by atoms with Gasteiger partial charge in [-0.3, -0.25) is 0 Å². The van der Waals surface area contributed by atoms with E-state index in [2.05, 4.69) is 17.5 Å². The molecule has 2 fully saturated rings. The van der Waals surface area contributed by atoms with Crippen molar-refractivity contribution < 1.29 is 5.11 Å². The molecule has 1 N–H and O–H groups in total. The summed E-state index contributed by atoms with van der Waals surface area (Å²) in [5.41, 5.74) is 0. The zero-order chi connectivity index (χ0) is 14.1. The monoisotopic (exact) mass is 287 g/mol. The van der Waals surface area contributed by atoms with Crippen LogP contribution in [-0.2, 0) is 0 Å². The Morgan fingerprint density at radius 3 is 2.42 bits per heavy atom. The molecule has 1 heterocycles. The molecule has 1 aliphatic carbocycles. The smallest absolute Gasteiger partial charge is 0.0471 e. The summed E-state index contributed by atoms with van der Waals surface area (Å²) >= 11 is 4.45. The van der Waals surface area contributed by atoms with E-state index in [1.54, 1.807) is 0 Å². The Kier molecular flexibility index (Phi) is 9.17. The fraction of sp³-hybridized carbons (Fsp3) is 1.00. The van der Waals surface area contributed by atoms with E-state index >= 15 is 0 Å². The van der Waals surface area contributed by atoms with Gasteiger partial charge in [-0.1, -0.05) is 20.3 Å². The average molecular weight is 288 g/mol. The Balaban J connectivity index is 0.000000861. The molecule has 0 aromatic carbocycles. The van der Waals surface area contributed by atoms with Crippen LogP contribution in [0.5, 0.6) is 0 Å². The molecule has 0 radical (unpaired) electrons. The van der Waals surface area contributed by atoms with E-state index < -0.39 is 0 Å². The van der Waals surface area contributed by atoms with Gasteiger partial charge in [-0.25, -0.2) is 0 Å². The van der Waals surface area contributed by atoms with Crippen molar-refractivity contribution in [3.05, 3.63) is 0 Å². The van der Waals surface area contributed by atoms with E-state index in [1.807, 2.05) is 13.8 Å². The van der Waals surface area contributed by atoms with Crippen LogP contribution in [0.15, 0.2) is 0 Å². The lowest BCUT2D eigenvalue weighted by Gasteiger charge is -2.37. The lowest BCUT2D eigenvalue weighted by Crippen LogP contribution is -2.40. The van der Waals surface area contributed by atoms with Crippen molar-refractivity contribution in [2.45, 2.75) is 52.4 Å². The third kappa shape index (κ3) is 6.05. The standard InChI is InChI=1S/C14H27NOS.C2H6/c16-10-14-5-2-6-15(9-14)8-12-3-1-4-13(7-12)11-17;1-2/h12-14,16-17H,1-11H2;1-2H3. The van der Waals surface area contributed by atoms with Gasteiger partial charge in [0.25, 0.3) is 0 Å². The maximum absolute atomic E-state index is 9.26. The summed E-state index contributed by atoms with van der Waals surface area (Å²) in [5, 5.41) is 9.26. The molecule has 1 saturated carbocycles. The maximum atomic E-state index is 9.26. The molecule has 2 aliphatic rings. The first-order valence-corrected chi connectivity index (χ1v) is 8.89. The zero-order valence-corrected chi connectivity index (χ0v) is 13.7. The predicted molar refractivity (Wildman–Crippen MR) is 86.9 cm³/mol. The van der Waals surface area contributed by atoms with Crippen molar-refractivity contribution in [1.82, 2.24) is 4.90 Å². The van der Waals surface area contributed by atoms with E-state index in [0.29, 0.717) is 12.5 Å². The number of piperidine rings is 1. The molecular formula is C16H33NOS. The van der Waals surface area contributed by atoms with Gasteiger partial charge >= 0.3 is 0 Å². The summed E-state index contributed by atoms with van der Waals surface area (Å²) in [5.74, 6) is 3.34. The lowest BCUT2D eigenvalue weighted by molar-refractivity contribution is 0.0962. The van der Waals surface area contributed by atoms with Crippen LogP contribution >= 0.6 is 12.6 Å². The number of aliphatic hydroxyl groups excluding tert-OH is 1. The van der Waals surface area contributed by atoms with Gasteiger partial charge in [0, 0.05) is 19.7 Å². The van der Waals surface area contributed by atoms with E-state index in [-0.39, 0.29) is 0 Å². The summed E-state index contributed by atoms with van der Waals surface area (Å²) in [4.78, 5) is 2.59. The largest absolute Gasteiger partial charge is 0.396 e. The Morgan fingerprint density at radius 2 is 1.74 bits per heavy atom. The van der Waals surface area contributed by atoms with Gasteiger partial charge in [-0.15, -0.1) is 0 Å². The molecule has 1 aliphatic heterocycles. The quantitative estimate of drug-likeness (QED) is 0.774. The van der Waals surface area contributed by atoms with Crippen LogP contribution in [-0.4, -0.2) is 42.0 Å². The van der Waals surface area contributed by atoms with E-state index in [4.69, 9.17) is 0 Å². The van der Waals surface area contributed by atoms with Gasteiger partial charge in [-0.05, 0) is 62.2 Å². The number of nitrogens with zero attached hydrogens (tertiary/aromatic N) is 1. The zero-order valence-electron chi connectivity index (χ0n) is 12.9. The molecule has 0 amide bonds. The molecular weight excluding hydrogens is 254 g/mol. The second kappa shape index (κ2) is 10.1. The van der Waals surface area contributed by atoms with Crippen molar-refractivity contribution in [3.63, 3.8) is 0 Å². The number of hydrogen-bond donors (Lipinski definition) is 2. The summed E-state index contributed by atoms with van der Waals surface area (Å²) in [6, 6.07) is 0. The van der Waals surface area contributed by atoms with Crippen LogP contribution in [0.4, 0.5) is 0 Å². The molecule has 2 nitrogen and oxygen atoms in total. The summed E-state index contributed by atoms with van der Waals surface area (Å²) in [6.45, 7) is 8.01. The van der Waals surface area contributed by atoms with Gasteiger partial charge in [0.05, 0.1) is 0 Å². The molecule has 3 heteroatoms. The molecule has 114 valence electrons. The van der Waals surface area contributed by atoms with Gasteiger partial charge < -0.3 is 10.0 Å². The van der Waals surface area contributed by atoms with Crippen LogP contribution < -0.4 is 0 Å². The van der Waals surface area contributed by atoms with Crippen molar-refractivity contribution in [2.24, 2.45) is 17.8 Å². The van der Waals surface area contributed by atoms with E-state index in [0.717, 1.165) is 24.1 Å². The minimum absolute atomic E-state index is 0.375. The fourth-order valence-electron chi connectivity index (χ4n) is 3.57. The molecule has 3 unspecified atom stereocenters. The fourth-order valence-corrected chi connectivity index (χ4v) is 3.90. The summed E-state index contributed by atoms with van der Waals surface area (Å²) in [7, 11) is 0. The van der Waals surface area contributed by atoms with Crippen LogP contribution in [0.25, 0.3) is 0 Å². The van der Waals surface area contributed by atoms with Gasteiger partial charge in [0.1, 0.15) is 0 Å². The van der Waals surface area contributed by atoms with Crippen molar-refractivity contribution in [1.29, 1.82) is 0 Å². The molecule has 2 rings (SSSR count). The SMILES string of the molecule is CC.OCC1CCCN(CC2CCCC(CS)C2)C1. The Hall–Kier alpha value is 0.270. The molecule has 0 aromatic heterocycles. The summed E-state index contributed by atoms with van der Waals surface area (Å²) in [6.07, 6.45) is 8.06. The van der Waals surface area contributed by atoms with Crippen molar-refractivity contribution in [2.75, 3.05) is 32.0 Å². The number of rotatable bonds is 4. The first-order chi connectivity index (χ1) is 9.31. The summed E-state index contributed by atoms with van der Waals surface area (Å²) < 4.78 is 0. The topological polar surface area (TPSA) is 23.5 Å². The second-order valence-corrected chi connectivity index (χ2v) is 6.40. The Labute approximate surface area is 125 Å². The van der Waals surface area contributed by atoms with Crippen LogP contribution in [0.1, 0.15) is 52.4 Å². The van der Waals surface area contributed by atoms with Crippen LogP contribution in [0.3, 0.4) is 0 Å². The van der Waals surface area contributed by atoms with Crippen molar-refractivity contribution in [3.8, 4) is 0 Å². The second-order valence-electron chi connectivity index (χ2n) is 6.03. The third-order valence-electron chi connectivity index (χ3n) is 4.53. The highest BCUT2D eigenvalue weighted by Crippen LogP contribution is 2.31. The minimum atomic E-state index is 0.375. The highest BCUT2D eigenvalue weighted by molar-refractivity contribution is 7.80. The lowest BCUT2D eigenvalue weighted by atomic mass is 9.81. The maximum Gasteiger partial charge on any atom is 0.0471 e. The average Bonchev–Trinajstić information content (AvgIpc) is 2.49. The first-order valence-electron chi connectivity index (χ1n) is 8.26. The molecule has 3 atom stereocenters. The Bertz CT molecular complexity index is 203. The normalized spacial score (nSPS) is 32.5.